The standard InChI is InChI=1S/C30H52O4.C23H46O4/c1-4-5-6-7-8-9-10-11-12-13-14-15-16-17-18-22-25-33-27(2)29(30(31)32-3)34-26-28-23-20-19-21-24-28;1-4-5-6-7-8-9-10-11-12-13-14-15-16-17-18-19-20-27-21(2)22(24)23(25)26-3/h19-21,23-24,27,29H,4-18,22,25-26H2,1-3H3;21-22,24H,4-20H2,1-3H3/t27-,29+;21-,22+/m00/s1. The lowest BCUT2D eigenvalue weighted by atomic mass is 10.0. The SMILES string of the molecule is CCCCCCCCCCCCCCCCCCO[C@@H](C)[C@@H](O)C(=O)OC.CCCCCCCCCCCCCCCCCCO[C@@H](C)[C@@H](OCc1ccccc1)C(=O)OC. The largest absolute Gasteiger partial charge is 0.467 e. The van der Waals surface area contributed by atoms with E-state index in [1.54, 1.807) is 6.92 Å². The monoisotopic (exact) mass is 863 g/mol. The number of unbranched alkanes of at least 4 members (excludes halogenated alkanes) is 30. The highest BCUT2D eigenvalue weighted by Crippen LogP contribution is 2.17. The van der Waals surface area contributed by atoms with Gasteiger partial charge in [-0.2, -0.15) is 0 Å². The smallest absolute Gasteiger partial charge is 0.337 e. The average Bonchev–Trinajstić information content (AvgIpc) is 3.28. The summed E-state index contributed by atoms with van der Waals surface area (Å²) in [7, 11) is 2.66. The predicted molar refractivity (Wildman–Crippen MR) is 255 cm³/mol. The lowest BCUT2D eigenvalue weighted by molar-refractivity contribution is -0.166. The number of carbonyl (C=O) groups is 2. The molecule has 0 aliphatic heterocycles. The summed E-state index contributed by atoms with van der Waals surface area (Å²) in [5.41, 5.74) is 1.03. The third-order valence-electron chi connectivity index (χ3n) is 11.8. The van der Waals surface area contributed by atoms with Crippen molar-refractivity contribution in [2.75, 3.05) is 27.4 Å². The first-order valence-corrected chi connectivity index (χ1v) is 25.5. The fourth-order valence-electron chi connectivity index (χ4n) is 7.60. The summed E-state index contributed by atoms with van der Waals surface area (Å²) in [6.07, 6.45) is 40.5. The van der Waals surface area contributed by atoms with E-state index in [4.69, 9.17) is 18.9 Å². The molecule has 0 aliphatic rings. The van der Waals surface area contributed by atoms with Crippen LogP contribution in [0.4, 0.5) is 0 Å². The molecule has 0 saturated carbocycles. The van der Waals surface area contributed by atoms with E-state index in [-0.39, 0.29) is 12.1 Å². The molecule has 0 spiro atoms. The molecule has 1 aromatic rings. The van der Waals surface area contributed by atoms with Crippen LogP contribution in [0.3, 0.4) is 0 Å². The highest BCUT2D eigenvalue weighted by molar-refractivity contribution is 5.75. The number of benzene rings is 1. The van der Waals surface area contributed by atoms with Crippen LogP contribution in [-0.2, 0) is 39.9 Å². The van der Waals surface area contributed by atoms with Gasteiger partial charge >= 0.3 is 11.9 Å². The van der Waals surface area contributed by atoms with E-state index in [2.05, 4.69) is 18.6 Å². The fraction of sp³-hybridized carbons (Fsp3) is 0.849. The second-order valence-corrected chi connectivity index (χ2v) is 17.5. The Morgan fingerprint density at radius 1 is 0.443 bits per heavy atom. The number of aliphatic hydroxyl groups is 1. The van der Waals surface area contributed by atoms with Crippen molar-refractivity contribution in [2.45, 2.75) is 264 Å². The van der Waals surface area contributed by atoms with Crippen molar-refractivity contribution >= 4 is 11.9 Å². The third-order valence-corrected chi connectivity index (χ3v) is 11.8. The van der Waals surface area contributed by atoms with Gasteiger partial charge in [-0.25, -0.2) is 9.59 Å². The molecule has 0 fully saturated rings. The van der Waals surface area contributed by atoms with Gasteiger partial charge in [0.05, 0.1) is 33.0 Å². The van der Waals surface area contributed by atoms with Gasteiger partial charge in [0.25, 0.3) is 0 Å². The van der Waals surface area contributed by atoms with E-state index in [0.717, 1.165) is 24.8 Å². The van der Waals surface area contributed by atoms with Crippen molar-refractivity contribution < 1.29 is 38.4 Å². The van der Waals surface area contributed by atoms with Crippen LogP contribution >= 0.6 is 0 Å². The van der Waals surface area contributed by atoms with E-state index in [1.807, 2.05) is 37.3 Å². The number of aliphatic hydroxyl groups excluding tert-OH is 1. The van der Waals surface area contributed by atoms with Crippen LogP contribution in [-0.4, -0.2) is 68.9 Å². The quantitative estimate of drug-likeness (QED) is 0.0512. The molecule has 0 radical (unpaired) electrons. The Morgan fingerprint density at radius 2 is 0.754 bits per heavy atom. The molecular weight excluding hydrogens is 765 g/mol. The van der Waals surface area contributed by atoms with E-state index < -0.39 is 24.3 Å². The Kier molecular flexibility index (Phi) is 44.5. The summed E-state index contributed by atoms with van der Waals surface area (Å²) in [6, 6.07) is 9.85. The van der Waals surface area contributed by atoms with Crippen LogP contribution in [0.15, 0.2) is 30.3 Å². The molecule has 0 saturated heterocycles. The third kappa shape index (κ3) is 38.2. The lowest BCUT2D eigenvalue weighted by Gasteiger charge is -2.22. The van der Waals surface area contributed by atoms with Gasteiger partial charge in [-0.3, -0.25) is 0 Å². The number of ether oxygens (including phenoxy) is 5. The Labute approximate surface area is 376 Å². The van der Waals surface area contributed by atoms with Crippen LogP contribution in [0.1, 0.15) is 239 Å². The van der Waals surface area contributed by atoms with Crippen LogP contribution in [0.25, 0.3) is 0 Å². The summed E-state index contributed by atoms with van der Waals surface area (Å²) in [5, 5.41) is 9.62. The summed E-state index contributed by atoms with van der Waals surface area (Å²) < 4.78 is 26.6. The summed E-state index contributed by atoms with van der Waals surface area (Å²) >= 11 is 0. The highest BCUT2D eigenvalue weighted by Gasteiger charge is 2.28. The van der Waals surface area contributed by atoms with Gasteiger partial charge in [0.1, 0.15) is 0 Å². The van der Waals surface area contributed by atoms with Gasteiger partial charge in [0, 0.05) is 13.2 Å². The van der Waals surface area contributed by atoms with Crippen molar-refractivity contribution in [3.8, 4) is 0 Å². The van der Waals surface area contributed by atoms with Gasteiger partial charge < -0.3 is 28.8 Å². The van der Waals surface area contributed by atoms with Crippen LogP contribution in [0.5, 0.6) is 0 Å². The number of hydrogen-bond donors (Lipinski definition) is 1. The first-order valence-electron chi connectivity index (χ1n) is 25.5. The first kappa shape index (κ1) is 59.0. The Hall–Kier alpha value is -2.00. The number of methoxy groups -OCH3 is 2. The van der Waals surface area contributed by atoms with Crippen LogP contribution in [0, 0.1) is 0 Å². The zero-order valence-electron chi connectivity index (χ0n) is 40.7. The van der Waals surface area contributed by atoms with Gasteiger partial charge in [0.15, 0.2) is 12.2 Å². The molecule has 4 atom stereocenters. The van der Waals surface area contributed by atoms with Crippen LogP contribution in [0.2, 0.25) is 0 Å². The average molecular weight is 863 g/mol. The topological polar surface area (TPSA) is 101 Å². The van der Waals surface area contributed by atoms with Crippen molar-refractivity contribution in [3.05, 3.63) is 35.9 Å². The highest BCUT2D eigenvalue weighted by atomic mass is 16.6. The maximum atomic E-state index is 12.1. The number of hydrogen-bond acceptors (Lipinski definition) is 8. The number of rotatable bonds is 43. The first-order chi connectivity index (χ1) is 29.8. The molecule has 61 heavy (non-hydrogen) atoms. The number of carbonyl (C=O) groups excluding carboxylic acids is 2. The predicted octanol–water partition coefficient (Wildman–Crippen LogP) is 14.6. The second kappa shape index (κ2) is 46.0. The van der Waals surface area contributed by atoms with Crippen molar-refractivity contribution in [3.63, 3.8) is 0 Å². The molecule has 0 heterocycles. The molecule has 0 amide bonds. The Morgan fingerprint density at radius 3 is 1.08 bits per heavy atom. The minimum absolute atomic E-state index is 0.326. The molecule has 1 N–H and O–H groups in total. The molecule has 358 valence electrons. The molecule has 1 rings (SSSR count). The molecule has 0 bridgehead atoms. The molecular formula is C53H98O8. The van der Waals surface area contributed by atoms with Crippen molar-refractivity contribution in [2.24, 2.45) is 0 Å². The molecule has 0 unspecified atom stereocenters. The van der Waals surface area contributed by atoms with Crippen molar-refractivity contribution in [1.82, 2.24) is 0 Å². The van der Waals surface area contributed by atoms with E-state index >= 15 is 0 Å². The minimum atomic E-state index is -1.18. The van der Waals surface area contributed by atoms with E-state index in [0.29, 0.717) is 19.8 Å². The normalized spacial score (nSPS) is 13.2. The molecule has 1 aromatic carbocycles. The van der Waals surface area contributed by atoms with Crippen molar-refractivity contribution in [1.29, 1.82) is 0 Å². The minimum Gasteiger partial charge on any atom is -0.467 e. The molecule has 8 nitrogen and oxygen atoms in total. The summed E-state index contributed by atoms with van der Waals surface area (Å²) in [5.74, 6) is -1.01. The summed E-state index contributed by atoms with van der Waals surface area (Å²) in [4.78, 5) is 23.3. The molecule has 0 aromatic heterocycles. The van der Waals surface area contributed by atoms with Gasteiger partial charge in [-0.1, -0.05) is 237 Å². The Balaban J connectivity index is 0.00000121. The van der Waals surface area contributed by atoms with E-state index in [9.17, 15) is 14.7 Å². The van der Waals surface area contributed by atoms with E-state index in [1.165, 1.54) is 200 Å². The molecule has 8 heteroatoms. The maximum Gasteiger partial charge on any atom is 0.337 e. The second-order valence-electron chi connectivity index (χ2n) is 17.5. The zero-order valence-corrected chi connectivity index (χ0v) is 40.7. The molecule has 0 aliphatic carbocycles. The maximum absolute atomic E-state index is 12.1. The Bertz CT molecular complexity index is 1050. The lowest BCUT2D eigenvalue weighted by Crippen LogP contribution is -2.37. The van der Waals surface area contributed by atoms with Crippen LogP contribution < -0.4 is 0 Å². The van der Waals surface area contributed by atoms with Gasteiger partial charge in [-0.05, 0) is 32.3 Å². The van der Waals surface area contributed by atoms with Gasteiger partial charge in [0.2, 0.25) is 0 Å². The summed E-state index contributed by atoms with van der Waals surface area (Å²) in [6.45, 7) is 9.76. The fourth-order valence-corrected chi connectivity index (χ4v) is 7.60. The van der Waals surface area contributed by atoms with Gasteiger partial charge in [-0.15, -0.1) is 0 Å². The zero-order chi connectivity index (χ0) is 44.9. The number of esters is 2.